The number of aryl methyl sites for hydroxylation is 3. The maximum atomic E-state index is 12.9. The zero-order valence-electron chi connectivity index (χ0n) is 17.0. The standard InChI is InChI=1S/C22H28N2O4S/c1-3-18-5-7-19(8-6-18)9-11-22(25)23-21-16-20(10-4-17(21)2)29(26,27)24-12-14-28-15-13-24/h4-8,10,16H,3,9,11-15H2,1-2H3,(H,23,25). The molecule has 1 fully saturated rings. The number of rotatable bonds is 7. The maximum absolute atomic E-state index is 12.9. The van der Waals surface area contributed by atoms with Crippen LogP contribution >= 0.6 is 0 Å². The predicted molar refractivity (Wildman–Crippen MR) is 114 cm³/mol. The summed E-state index contributed by atoms with van der Waals surface area (Å²) in [6.45, 7) is 5.44. The molecule has 0 radical (unpaired) electrons. The van der Waals surface area contributed by atoms with Gasteiger partial charge in [0.2, 0.25) is 15.9 Å². The number of nitrogens with zero attached hydrogens (tertiary/aromatic N) is 1. The molecule has 1 aliphatic rings. The first-order chi connectivity index (χ1) is 13.9. The minimum atomic E-state index is -3.60. The normalized spacial score (nSPS) is 15.2. The van der Waals surface area contributed by atoms with Crippen molar-refractivity contribution in [2.75, 3.05) is 31.6 Å². The van der Waals surface area contributed by atoms with Crippen LogP contribution in [0.1, 0.15) is 30.0 Å². The topological polar surface area (TPSA) is 75.7 Å². The van der Waals surface area contributed by atoms with E-state index in [-0.39, 0.29) is 10.8 Å². The number of hydrogen-bond donors (Lipinski definition) is 1. The number of sulfonamides is 1. The highest BCUT2D eigenvalue weighted by Gasteiger charge is 2.26. The van der Waals surface area contributed by atoms with Gasteiger partial charge in [0.15, 0.2) is 0 Å². The Hall–Kier alpha value is -2.22. The van der Waals surface area contributed by atoms with E-state index in [1.807, 2.05) is 19.1 Å². The average Bonchev–Trinajstić information content (AvgIpc) is 2.74. The molecule has 0 atom stereocenters. The largest absolute Gasteiger partial charge is 0.379 e. The Balaban J connectivity index is 1.66. The van der Waals surface area contributed by atoms with E-state index in [1.165, 1.54) is 9.87 Å². The molecule has 0 spiro atoms. The molecule has 0 aromatic heterocycles. The lowest BCUT2D eigenvalue weighted by Crippen LogP contribution is -2.40. The van der Waals surface area contributed by atoms with Crippen molar-refractivity contribution in [3.63, 3.8) is 0 Å². The van der Waals surface area contributed by atoms with Crippen LogP contribution in [0.25, 0.3) is 0 Å². The van der Waals surface area contributed by atoms with E-state index >= 15 is 0 Å². The highest BCUT2D eigenvalue weighted by atomic mass is 32.2. The summed E-state index contributed by atoms with van der Waals surface area (Å²) in [6.07, 6.45) is 1.97. The van der Waals surface area contributed by atoms with Crippen molar-refractivity contribution in [1.29, 1.82) is 0 Å². The fourth-order valence-electron chi connectivity index (χ4n) is 3.24. The monoisotopic (exact) mass is 416 g/mol. The van der Waals surface area contributed by atoms with E-state index in [9.17, 15) is 13.2 Å². The second-order valence-corrected chi connectivity index (χ2v) is 9.15. The van der Waals surface area contributed by atoms with E-state index in [4.69, 9.17) is 4.74 Å². The summed E-state index contributed by atoms with van der Waals surface area (Å²) in [5.74, 6) is -0.131. The highest BCUT2D eigenvalue weighted by Crippen LogP contribution is 2.24. The van der Waals surface area contributed by atoms with Gasteiger partial charge in [-0.15, -0.1) is 0 Å². The molecule has 1 aliphatic heterocycles. The van der Waals surface area contributed by atoms with E-state index in [2.05, 4.69) is 24.4 Å². The quantitative estimate of drug-likeness (QED) is 0.752. The van der Waals surface area contributed by atoms with E-state index < -0.39 is 10.0 Å². The fourth-order valence-corrected chi connectivity index (χ4v) is 4.68. The molecule has 2 aromatic carbocycles. The smallest absolute Gasteiger partial charge is 0.243 e. The summed E-state index contributed by atoms with van der Waals surface area (Å²) < 4.78 is 32.4. The molecule has 156 valence electrons. The third kappa shape index (κ3) is 5.44. The summed E-state index contributed by atoms with van der Waals surface area (Å²) in [5.41, 5.74) is 3.74. The van der Waals surface area contributed by atoms with Gasteiger partial charge in [-0.25, -0.2) is 8.42 Å². The molecule has 1 N–H and O–H groups in total. The fraction of sp³-hybridized carbons (Fsp3) is 0.409. The van der Waals surface area contributed by atoms with Crippen molar-refractivity contribution in [3.05, 3.63) is 59.2 Å². The molecular formula is C22H28N2O4S. The van der Waals surface area contributed by atoms with Gasteiger partial charge in [-0.05, 0) is 48.6 Å². The Morgan fingerprint density at radius 3 is 2.38 bits per heavy atom. The number of benzene rings is 2. The molecule has 3 rings (SSSR count). The summed E-state index contributed by atoms with van der Waals surface area (Å²) in [6, 6.07) is 13.1. The van der Waals surface area contributed by atoms with Crippen molar-refractivity contribution in [2.24, 2.45) is 0 Å². The Kier molecular flexibility index (Phi) is 7.05. The van der Waals surface area contributed by atoms with Gasteiger partial charge in [-0.1, -0.05) is 37.3 Å². The Morgan fingerprint density at radius 2 is 1.72 bits per heavy atom. The van der Waals surface area contributed by atoms with Gasteiger partial charge >= 0.3 is 0 Å². The van der Waals surface area contributed by atoms with Crippen LogP contribution in [0.15, 0.2) is 47.4 Å². The first-order valence-corrected chi connectivity index (χ1v) is 11.4. The first-order valence-electron chi connectivity index (χ1n) is 9.96. The van der Waals surface area contributed by atoms with Crippen LogP contribution in [0.2, 0.25) is 0 Å². The van der Waals surface area contributed by atoms with Crippen molar-refractivity contribution in [1.82, 2.24) is 4.31 Å². The maximum Gasteiger partial charge on any atom is 0.243 e. The molecule has 6 nitrogen and oxygen atoms in total. The molecule has 1 amide bonds. The Bertz CT molecular complexity index is 949. The summed E-state index contributed by atoms with van der Waals surface area (Å²) in [4.78, 5) is 12.6. The number of hydrogen-bond acceptors (Lipinski definition) is 4. The zero-order valence-corrected chi connectivity index (χ0v) is 17.8. The van der Waals surface area contributed by atoms with Crippen molar-refractivity contribution in [2.45, 2.75) is 38.0 Å². The van der Waals surface area contributed by atoms with Crippen LogP contribution in [0.5, 0.6) is 0 Å². The minimum Gasteiger partial charge on any atom is -0.379 e. The van der Waals surface area contributed by atoms with E-state index in [0.29, 0.717) is 44.8 Å². The highest BCUT2D eigenvalue weighted by molar-refractivity contribution is 7.89. The van der Waals surface area contributed by atoms with Gasteiger partial charge < -0.3 is 10.1 Å². The lowest BCUT2D eigenvalue weighted by molar-refractivity contribution is -0.116. The number of amides is 1. The number of carbonyl (C=O) groups excluding carboxylic acids is 1. The number of ether oxygens (including phenoxy) is 1. The van der Waals surface area contributed by atoms with Gasteiger partial charge in [0.25, 0.3) is 0 Å². The third-order valence-corrected chi connectivity index (χ3v) is 7.06. The number of nitrogens with one attached hydrogen (secondary N) is 1. The number of morpholine rings is 1. The van der Waals surface area contributed by atoms with Crippen molar-refractivity contribution < 1.29 is 17.9 Å². The molecular weight excluding hydrogens is 388 g/mol. The van der Waals surface area contributed by atoms with Gasteiger partial charge in [0.1, 0.15) is 0 Å². The lowest BCUT2D eigenvalue weighted by atomic mass is 10.1. The molecule has 1 saturated heterocycles. The molecule has 0 saturated carbocycles. The zero-order chi connectivity index (χ0) is 20.9. The minimum absolute atomic E-state index is 0.131. The summed E-state index contributed by atoms with van der Waals surface area (Å²) in [7, 11) is -3.60. The summed E-state index contributed by atoms with van der Waals surface area (Å²) in [5, 5.41) is 2.87. The molecule has 2 aromatic rings. The Labute approximate surface area is 172 Å². The van der Waals surface area contributed by atoms with E-state index in [0.717, 1.165) is 17.5 Å². The number of anilines is 1. The van der Waals surface area contributed by atoms with Crippen LogP contribution in [0.4, 0.5) is 5.69 Å². The summed E-state index contributed by atoms with van der Waals surface area (Å²) >= 11 is 0. The molecule has 1 heterocycles. The molecule has 0 unspecified atom stereocenters. The lowest BCUT2D eigenvalue weighted by Gasteiger charge is -2.26. The van der Waals surface area contributed by atoms with Crippen LogP contribution in [-0.2, 0) is 32.4 Å². The second-order valence-electron chi connectivity index (χ2n) is 7.21. The molecule has 0 bridgehead atoms. The number of carbonyl (C=O) groups is 1. The third-order valence-electron chi connectivity index (χ3n) is 5.16. The first kappa shape index (κ1) is 21.5. The molecule has 29 heavy (non-hydrogen) atoms. The van der Waals surface area contributed by atoms with Gasteiger partial charge in [-0.3, -0.25) is 4.79 Å². The van der Waals surface area contributed by atoms with Gasteiger partial charge in [0.05, 0.1) is 18.1 Å². The average molecular weight is 417 g/mol. The Morgan fingerprint density at radius 1 is 1.07 bits per heavy atom. The van der Waals surface area contributed by atoms with Crippen LogP contribution in [0, 0.1) is 6.92 Å². The van der Waals surface area contributed by atoms with E-state index in [1.54, 1.807) is 18.2 Å². The second kappa shape index (κ2) is 9.52. The van der Waals surface area contributed by atoms with Gasteiger partial charge in [0, 0.05) is 25.2 Å². The van der Waals surface area contributed by atoms with Gasteiger partial charge in [-0.2, -0.15) is 4.31 Å². The predicted octanol–water partition coefficient (Wildman–Crippen LogP) is 3.15. The van der Waals surface area contributed by atoms with Crippen molar-refractivity contribution >= 4 is 21.6 Å². The molecule has 7 heteroatoms. The van der Waals surface area contributed by atoms with Crippen LogP contribution in [0.3, 0.4) is 0 Å². The van der Waals surface area contributed by atoms with Crippen LogP contribution in [-0.4, -0.2) is 44.9 Å². The van der Waals surface area contributed by atoms with Crippen molar-refractivity contribution in [3.8, 4) is 0 Å². The van der Waals surface area contributed by atoms with Crippen LogP contribution < -0.4 is 5.32 Å². The SMILES string of the molecule is CCc1ccc(CCC(=O)Nc2cc(S(=O)(=O)N3CCOCC3)ccc2C)cc1. The molecule has 0 aliphatic carbocycles.